The average Bonchev–Trinajstić information content (AvgIpc) is 2.91. The lowest BCUT2D eigenvalue weighted by atomic mass is 10.2. The fourth-order valence-corrected chi connectivity index (χ4v) is 3.94. The van der Waals surface area contributed by atoms with Gasteiger partial charge in [0.05, 0.1) is 18.2 Å². The topological polar surface area (TPSA) is 143 Å². The van der Waals surface area contributed by atoms with E-state index in [-0.39, 0.29) is 18.1 Å². The summed E-state index contributed by atoms with van der Waals surface area (Å²) >= 11 is 1.88. The van der Waals surface area contributed by atoms with Crippen LogP contribution in [-0.4, -0.2) is 52.9 Å². The van der Waals surface area contributed by atoms with Gasteiger partial charge in [-0.1, -0.05) is 44.2 Å². The van der Waals surface area contributed by atoms with Gasteiger partial charge in [0.2, 0.25) is 5.91 Å². The first-order valence-electron chi connectivity index (χ1n) is 13.0. The smallest absolute Gasteiger partial charge is 0.416 e. The quantitative estimate of drug-likeness (QED) is 0.0839. The first-order chi connectivity index (χ1) is 19.4. The van der Waals surface area contributed by atoms with Crippen molar-refractivity contribution < 1.29 is 42.6 Å². The van der Waals surface area contributed by atoms with Gasteiger partial charge in [0.15, 0.2) is 0 Å². The molecule has 0 aromatic heterocycles. The van der Waals surface area contributed by atoms with Crippen LogP contribution < -0.4 is 10.1 Å². The molecule has 0 aliphatic rings. The highest BCUT2D eigenvalue weighted by molar-refractivity contribution is 8.00. The highest BCUT2D eigenvalue weighted by Gasteiger charge is 2.30. The van der Waals surface area contributed by atoms with Gasteiger partial charge >= 0.3 is 6.18 Å². The Labute approximate surface area is 241 Å². The van der Waals surface area contributed by atoms with Crippen LogP contribution in [0.5, 0.6) is 5.75 Å². The lowest BCUT2D eigenvalue weighted by molar-refractivity contribution is -0.766. The normalized spacial score (nSPS) is 12.1. The standard InChI is InChI=1S/C16H21F3OS.C10H17N3O7/c1-3-15(21-4-2)10-5-6-11-20-14-9-7-8-13(12-14)16(17,18)19;1-2-3-4-5-6-10(14)11-9(7-19-12(15)16)8-20-13(17)18/h5,7-10,12,15H,3-4,6,11H2,1-2H3;2-3,9H,4-8H2,1H3,(H,11,14)/b10-5+;. The van der Waals surface area contributed by atoms with Gasteiger partial charge < -0.3 is 19.7 Å². The van der Waals surface area contributed by atoms with Gasteiger partial charge in [-0.25, -0.2) is 0 Å². The molecule has 0 spiro atoms. The maximum Gasteiger partial charge on any atom is 0.416 e. The van der Waals surface area contributed by atoms with Crippen LogP contribution in [0.2, 0.25) is 0 Å². The highest BCUT2D eigenvalue weighted by Crippen LogP contribution is 2.31. The van der Waals surface area contributed by atoms with E-state index in [9.17, 15) is 38.2 Å². The first-order valence-corrected chi connectivity index (χ1v) is 14.0. The van der Waals surface area contributed by atoms with Gasteiger partial charge in [0, 0.05) is 11.7 Å². The Morgan fingerprint density at radius 2 is 1.76 bits per heavy atom. The first kappa shape index (κ1) is 37.5. The summed E-state index contributed by atoms with van der Waals surface area (Å²) in [5.41, 5.74) is -0.680. The number of hydrogen-bond acceptors (Lipinski definition) is 9. The number of hydrogen-bond donors (Lipinski definition) is 1. The Morgan fingerprint density at radius 3 is 2.29 bits per heavy atom. The fourth-order valence-electron chi connectivity index (χ4n) is 3.06. The number of thioether (sulfide) groups is 1. The van der Waals surface area contributed by atoms with Crippen LogP contribution in [0.25, 0.3) is 0 Å². The molecule has 0 fully saturated rings. The lowest BCUT2D eigenvalue weighted by Gasteiger charge is -2.16. The summed E-state index contributed by atoms with van der Waals surface area (Å²) in [4.78, 5) is 39.8. The average molecular weight is 610 g/mol. The van der Waals surface area contributed by atoms with E-state index in [1.807, 2.05) is 36.9 Å². The third-order valence-corrected chi connectivity index (χ3v) is 6.24. The van der Waals surface area contributed by atoms with Crippen molar-refractivity contribution in [2.24, 2.45) is 0 Å². The number of nitrogens with zero attached hydrogens (tertiary/aromatic N) is 2. The SMILES string of the molecule is CC=CCCCC(=O)NC(CO[N+](=O)[O-])CO[N+](=O)[O-].CCSC(/C=C/CCOc1cccc(C(F)(F)F)c1)CC. The Bertz CT molecular complexity index is 946. The lowest BCUT2D eigenvalue weighted by Crippen LogP contribution is -2.42. The largest absolute Gasteiger partial charge is 0.493 e. The molecular weight excluding hydrogens is 571 g/mol. The molecule has 1 amide bonds. The molecule has 0 aliphatic heterocycles. The van der Waals surface area contributed by atoms with Crippen molar-refractivity contribution in [1.29, 1.82) is 0 Å². The molecule has 0 saturated carbocycles. The Hall–Kier alpha value is -3.49. The summed E-state index contributed by atoms with van der Waals surface area (Å²) in [7, 11) is 0. The molecule has 1 unspecified atom stereocenters. The van der Waals surface area contributed by atoms with Gasteiger partial charge in [0.1, 0.15) is 19.0 Å². The Morgan fingerprint density at radius 1 is 1.10 bits per heavy atom. The van der Waals surface area contributed by atoms with Crippen LogP contribution in [0.15, 0.2) is 48.6 Å². The monoisotopic (exact) mass is 609 g/mol. The summed E-state index contributed by atoms with van der Waals surface area (Å²) in [6.45, 7) is 5.47. The van der Waals surface area contributed by atoms with E-state index in [1.165, 1.54) is 6.07 Å². The van der Waals surface area contributed by atoms with E-state index in [1.54, 1.807) is 6.07 Å². The molecule has 1 aromatic rings. The number of rotatable bonds is 19. The van der Waals surface area contributed by atoms with Crippen molar-refractivity contribution >= 4 is 17.7 Å². The zero-order valence-corrected chi connectivity index (χ0v) is 24.2. The van der Waals surface area contributed by atoms with Crippen molar-refractivity contribution in [2.45, 2.75) is 70.3 Å². The minimum atomic E-state index is -4.33. The number of amides is 1. The van der Waals surface area contributed by atoms with Crippen molar-refractivity contribution in [3.8, 4) is 5.75 Å². The van der Waals surface area contributed by atoms with Gasteiger partial charge in [-0.2, -0.15) is 24.9 Å². The molecule has 41 heavy (non-hydrogen) atoms. The molecule has 232 valence electrons. The minimum Gasteiger partial charge on any atom is -0.493 e. The second kappa shape index (κ2) is 22.2. The molecule has 1 aromatic carbocycles. The zero-order valence-electron chi connectivity index (χ0n) is 23.3. The number of halogens is 3. The van der Waals surface area contributed by atoms with Crippen LogP contribution in [0.3, 0.4) is 0 Å². The maximum atomic E-state index is 12.5. The number of carbonyl (C=O) groups is 1. The Kier molecular flexibility index (Phi) is 20.3. The van der Waals surface area contributed by atoms with Gasteiger partial charge in [-0.15, -0.1) is 20.2 Å². The molecule has 15 heteroatoms. The molecule has 1 atom stereocenters. The summed E-state index contributed by atoms with van der Waals surface area (Å²) in [5.74, 6) is 0.954. The fraction of sp³-hybridized carbons (Fsp3) is 0.577. The minimum absolute atomic E-state index is 0.206. The van der Waals surface area contributed by atoms with Crippen LogP contribution in [0.4, 0.5) is 13.2 Å². The van der Waals surface area contributed by atoms with Gasteiger partial charge in [-0.3, -0.25) is 4.79 Å². The third kappa shape index (κ3) is 21.0. The third-order valence-electron chi connectivity index (χ3n) is 4.99. The number of nitrogens with one attached hydrogen (secondary N) is 1. The van der Waals surface area contributed by atoms with E-state index < -0.39 is 41.2 Å². The van der Waals surface area contributed by atoms with Crippen LogP contribution in [-0.2, 0) is 20.6 Å². The van der Waals surface area contributed by atoms with E-state index in [0.29, 0.717) is 24.7 Å². The summed E-state index contributed by atoms with van der Waals surface area (Å²) < 4.78 is 43.0. The number of benzene rings is 1. The summed E-state index contributed by atoms with van der Waals surface area (Å²) in [6.07, 6.45) is 6.91. The molecule has 0 radical (unpaired) electrons. The molecule has 1 N–H and O–H groups in total. The van der Waals surface area contributed by atoms with Crippen molar-refractivity contribution in [1.82, 2.24) is 5.32 Å². The number of unbranched alkanes of at least 4 members (excludes halogenated alkanes) is 1. The number of alkyl halides is 3. The second-order valence-electron chi connectivity index (χ2n) is 8.26. The zero-order chi connectivity index (χ0) is 31.1. The molecule has 0 heterocycles. The van der Waals surface area contributed by atoms with Crippen LogP contribution >= 0.6 is 11.8 Å². The summed E-state index contributed by atoms with van der Waals surface area (Å²) in [6, 6.07) is 4.02. The molecule has 0 aliphatic carbocycles. The number of allylic oxidation sites excluding steroid dienone is 2. The van der Waals surface area contributed by atoms with Crippen molar-refractivity contribution in [2.75, 3.05) is 25.6 Å². The van der Waals surface area contributed by atoms with Crippen LogP contribution in [0.1, 0.15) is 58.4 Å². The van der Waals surface area contributed by atoms with E-state index in [0.717, 1.165) is 30.7 Å². The van der Waals surface area contributed by atoms with E-state index in [2.05, 4.69) is 34.9 Å². The molecule has 1 rings (SSSR count). The summed E-state index contributed by atoms with van der Waals surface area (Å²) in [5, 5.41) is 20.9. The Balaban J connectivity index is 0.000000782. The van der Waals surface area contributed by atoms with Gasteiger partial charge in [-0.05, 0) is 56.6 Å². The predicted molar refractivity (Wildman–Crippen MR) is 149 cm³/mol. The van der Waals surface area contributed by atoms with E-state index >= 15 is 0 Å². The molecule has 0 saturated heterocycles. The van der Waals surface area contributed by atoms with Crippen molar-refractivity contribution in [3.63, 3.8) is 0 Å². The van der Waals surface area contributed by atoms with E-state index in [4.69, 9.17) is 4.74 Å². The molecular formula is C26H38F3N3O8S. The number of ether oxygens (including phenoxy) is 1. The van der Waals surface area contributed by atoms with Gasteiger partial charge in [0.25, 0.3) is 10.2 Å². The predicted octanol–water partition coefficient (Wildman–Crippen LogP) is 6.20. The van der Waals surface area contributed by atoms with Crippen molar-refractivity contribution in [3.05, 3.63) is 74.4 Å². The van der Waals surface area contributed by atoms with Crippen LogP contribution in [0, 0.1) is 20.2 Å². The number of carbonyl (C=O) groups excluding carboxylic acids is 1. The second-order valence-corrected chi connectivity index (χ2v) is 9.77. The highest BCUT2D eigenvalue weighted by atomic mass is 32.2. The maximum absolute atomic E-state index is 12.5. The molecule has 11 nitrogen and oxygen atoms in total. The molecule has 0 bridgehead atoms.